The molecule has 1 heterocycles. The zero-order valence-electron chi connectivity index (χ0n) is 9.45. The number of anilines is 2. The first-order valence-electron chi connectivity index (χ1n) is 5.57. The van der Waals surface area contributed by atoms with Crippen LogP contribution in [0.3, 0.4) is 0 Å². The summed E-state index contributed by atoms with van der Waals surface area (Å²) in [6.07, 6.45) is 6.35. The van der Waals surface area contributed by atoms with E-state index in [-0.39, 0.29) is 5.54 Å². The van der Waals surface area contributed by atoms with E-state index in [1.807, 2.05) is 6.07 Å². The zero-order chi connectivity index (χ0) is 11.6. The summed E-state index contributed by atoms with van der Waals surface area (Å²) in [5.41, 5.74) is 7.01. The molecule has 0 unspecified atom stereocenters. The van der Waals surface area contributed by atoms with Gasteiger partial charge in [-0.3, -0.25) is 0 Å². The molecule has 0 saturated heterocycles. The van der Waals surface area contributed by atoms with Crippen molar-refractivity contribution in [3.63, 3.8) is 0 Å². The summed E-state index contributed by atoms with van der Waals surface area (Å²) >= 11 is 0. The number of rotatable bonds is 2. The van der Waals surface area contributed by atoms with Crippen molar-refractivity contribution < 1.29 is 0 Å². The Morgan fingerprint density at radius 1 is 1.50 bits per heavy atom. The van der Waals surface area contributed by atoms with Crippen molar-refractivity contribution in [2.45, 2.75) is 38.1 Å². The Hall–Kier alpha value is -1.76. The van der Waals surface area contributed by atoms with Gasteiger partial charge in [0.05, 0.1) is 11.3 Å². The van der Waals surface area contributed by atoms with Crippen molar-refractivity contribution in [2.75, 3.05) is 11.1 Å². The van der Waals surface area contributed by atoms with Crippen molar-refractivity contribution in [1.29, 1.82) is 5.26 Å². The molecule has 1 aliphatic rings. The monoisotopic (exact) mass is 216 g/mol. The highest BCUT2D eigenvalue weighted by molar-refractivity contribution is 5.64. The normalized spacial score (nSPS) is 18.0. The van der Waals surface area contributed by atoms with Gasteiger partial charge in [-0.25, -0.2) is 4.98 Å². The number of nitrogens with zero attached hydrogens (tertiary/aromatic N) is 2. The summed E-state index contributed by atoms with van der Waals surface area (Å²) in [5, 5.41) is 12.1. The summed E-state index contributed by atoms with van der Waals surface area (Å²) in [7, 11) is 0. The SMILES string of the molecule is CC1(Nc2ncc(C#N)cc2N)CCCC1. The molecule has 1 fully saturated rings. The highest BCUT2D eigenvalue weighted by Gasteiger charge is 2.29. The number of hydrogen-bond acceptors (Lipinski definition) is 4. The van der Waals surface area contributed by atoms with Crippen molar-refractivity contribution in [3.05, 3.63) is 17.8 Å². The van der Waals surface area contributed by atoms with Crippen LogP contribution in [0.25, 0.3) is 0 Å². The predicted molar refractivity (Wildman–Crippen MR) is 63.9 cm³/mol. The number of hydrogen-bond donors (Lipinski definition) is 2. The lowest BCUT2D eigenvalue weighted by molar-refractivity contribution is 0.531. The molecule has 1 aliphatic carbocycles. The molecule has 4 heteroatoms. The number of nitrogen functional groups attached to an aromatic ring is 1. The largest absolute Gasteiger partial charge is 0.396 e. The number of aromatic nitrogens is 1. The molecule has 1 aromatic heterocycles. The fourth-order valence-corrected chi connectivity index (χ4v) is 2.21. The van der Waals surface area contributed by atoms with Gasteiger partial charge in [0.1, 0.15) is 11.9 Å². The van der Waals surface area contributed by atoms with Crippen LogP contribution in [0.15, 0.2) is 12.3 Å². The van der Waals surface area contributed by atoms with E-state index in [2.05, 4.69) is 17.2 Å². The molecule has 1 saturated carbocycles. The van der Waals surface area contributed by atoms with E-state index < -0.39 is 0 Å². The molecule has 3 N–H and O–H groups in total. The Labute approximate surface area is 95.5 Å². The van der Waals surface area contributed by atoms with Gasteiger partial charge in [0.2, 0.25) is 0 Å². The Morgan fingerprint density at radius 3 is 2.75 bits per heavy atom. The van der Waals surface area contributed by atoms with Gasteiger partial charge in [-0.05, 0) is 25.8 Å². The third-order valence-corrected chi connectivity index (χ3v) is 3.17. The second-order valence-corrected chi connectivity index (χ2v) is 4.67. The molecule has 16 heavy (non-hydrogen) atoms. The second-order valence-electron chi connectivity index (χ2n) is 4.67. The van der Waals surface area contributed by atoms with Gasteiger partial charge in [0, 0.05) is 11.7 Å². The summed E-state index contributed by atoms with van der Waals surface area (Å²) in [4.78, 5) is 4.20. The lowest BCUT2D eigenvalue weighted by Gasteiger charge is -2.26. The van der Waals surface area contributed by atoms with E-state index in [9.17, 15) is 0 Å². The maximum Gasteiger partial charge on any atom is 0.149 e. The average molecular weight is 216 g/mol. The summed E-state index contributed by atoms with van der Waals surface area (Å²) < 4.78 is 0. The van der Waals surface area contributed by atoms with Crippen LogP contribution < -0.4 is 11.1 Å². The topological polar surface area (TPSA) is 74.7 Å². The van der Waals surface area contributed by atoms with E-state index in [1.165, 1.54) is 12.8 Å². The van der Waals surface area contributed by atoms with E-state index >= 15 is 0 Å². The van der Waals surface area contributed by atoms with E-state index in [0.717, 1.165) is 12.8 Å². The predicted octanol–water partition coefficient (Wildman–Crippen LogP) is 2.28. The minimum Gasteiger partial charge on any atom is -0.396 e. The van der Waals surface area contributed by atoms with Crippen molar-refractivity contribution in [2.24, 2.45) is 0 Å². The molecule has 2 rings (SSSR count). The highest BCUT2D eigenvalue weighted by Crippen LogP contribution is 2.33. The molecular weight excluding hydrogens is 200 g/mol. The lowest BCUT2D eigenvalue weighted by Crippen LogP contribution is -2.31. The molecular formula is C12H16N4. The van der Waals surface area contributed by atoms with Crippen LogP contribution in [-0.4, -0.2) is 10.5 Å². The number of pyridine rings is 1. The Balaban J connectivity index is 2.19. The van der Waals surface area contributed by atoms with Crippen LogP contribution in [0.5, 0.6) is 0 Å². The minimum absolute atomic E-state index is 0.106. The molecule has 0 bridgehead atoms. The van der Waals surface area contributed by atoms with Crippen LogP contribution in [0.1, 0.15) is 38.2 Å². The smallest absolute Gasteiger partial charge is 0.149 e. The number of nitrogens with two attached hydrogens (primary N) is 1. The van der Waals surface area contributed by atoms with Crippen LogP contribution in [0.2, 0.25) is 0 Å². The fourth-order valence-electron chi connectivity index (χ4n) is 2.21. The van der Waals surface area contributed by atoms with E-state index in [1.54, 1.807) is 12.3 Å². The van der Waals surface area contributed by atoms with Crippen molar-refractivity contribution in [1.82, 2.24) is 4.98 Å². The highest BCUT2D eigenvalue weighted by atomic mass is 15.1. The van der Waals surface area contributed by atoms with Crippen molar-refractivity contribution in [3.8, 4) is 6.07 Å². The van der Waals surface area contributed by atoms with Crippen LogP contribution in [0.4, 0.5) is 11.5 Å². The quantitative estimate of drug-likeness (QED) is 0.795. The van der Waals surface area contributed by atoms with Gasteiger partial charge in [0.25, 0.3) is 0 Å². The van der Waals surface area contributed by atoms with Crippen molar-refractivity contribution >= 4 is 11.5 Å². The standard InChI is InChI=1S/C12H16N4/c1-12(4-2-3-5-12)16-11-10(14)6-9(7-13)8-15-11/h6,8H,2-5,14H2,1H3,(H,15,16). The molecule has 0 aromatic carbocycles. The van der Waals surface area contributed by atoms with Gasteiger partial charge < -0.3 is 11.1 Å². The Bertz CT molecular complexity index is 427. The molecule has 4 nitrogen and oxygen atoms in total. The Kier molecular flexibility index (Phi) is 2.69. The van der Waals surface area contributed by atoms with Crippen LogP contribution >= 0.6 is 0 Å². The average Bonchev–Trinajstić information content (AvgIpc) is 2.68. The third kappa shape index (κ3) is 2.08. The molecule has 1 aromatic rings. The van der Waals surface area contributed by atoms with Gasteiger partial charge >= 0.3 is 0 Å². The number of nitriles is 1. The van der Waals surface area contributed by atoms with Gasteiger partial charge in [0.15, 0.2) is 0 Å². The molecule has 0 spiro atoms. The maximum atomic E-state index is 8.72. The Morgan fingerprint density at radius 2 is 2.19 bits per heavy atom. The molecule has 84 valence electrons. The minimum atomic E-state index is 0.106. The third-order valence-electron chi connectivity index (χ3n) is 3.17. The van der Waals surface area contributed by atoms with Crippen LogP contribution in [-0.2, 0) is 0 Å². The van der Waals surface area contributed by atoms with Gasteiger partial charge in [-0.1, -0.05) is 12.8 Å². The first kappa shape index (κ1) is 10.7. The van der Waals surface area contributed by atoms with Gasteiger partial charge in [-0.15, -0.1) is 0 Å². The zero-order valence-corrected chi connectivity index (χ0v) is 9.45. The summed E-state index contributed by atoms with van der Waals surface area (Å²) in [6.45, 7) is 2.19. The second kappa shape index (κ2) is 4.01. The lowest BCUT2D eigenvalue weighted by atomic mass is 10.0. The van der Waals surface area contributed by atoms with E-state index in [0.29, 0.717) is 17.1 Å². The van der Waals surface area contributed by atoms with Crippen LogP contribution in [0, 0.1) is 11.3 Å². The first-order chi connectivity index (χ1) is 7.63. The van der Waals surface area contributed by atoms with E-state index in [4.69, 9.17) is 11.0 Å². The fraction of sp³-hybridized carbons (Fsp3) is 0.500. The summed E-state index contributed by atoms with van der Waals surface area (Å²) in [5.74, 6) is 0.698. The molecule has 0 radical (unpaired) electrons. The number of nitrogens with one attached hydrogen (secondary N) is 1. The molecule has 0 amide bonds. The van der Waals surface area contributed by atoms with Gasteiger partial charge in [-0.2, -0.15) is 5.26 Å². The summed E-state index contributed by atoms with van der Waals surface area (Å²) in [6, 6.07) is 3.69. The first-order valence-corrected chi connectivity index (χ1v) is 5.57. The maximum absolute atomic E-state index is 8.72. The molecule has 0 aliphatic heterocycles. The molecule has 0 atom stereocenters.